The number of benzene rings is 3. The number of H-pyrrole nitrogens is 1. The number of nitrogens with zero attached hydrogens (tertiary/aromatic N) is 1. The van der Waals surface area contributed by atoms with E-state index < -0.39 is 16.8 Å². The summed E-state index contributed by atoms with van der Waals surface area (Å²) >= 11 is 1.49. The third-order valence-corrected chi connectivity index (χ3v) is 8.54. The highest BCUT2D eigenvalue weighted by atomic mass is 32.2. The van der Waals surface area contributed by atoms with Gasteiger partial charge in [-0.25, -0.2) is 4.79 Å². The number of carbonyl (C=O) groups excluding carboxylic acids is 1. The molecule has 0 aliphatic heterocycles. The summed E-state index contributed by atoms with van der Waals surface area (Å²) in [6, 6.07) is 25.6. The first-order chi connectivity index (χ1) is 19.7. The summed E-state index contributed by atoms with van der Waals surface area (Å²) in [4.78, 5) is 32.4. The Morgan fingerprint density at radius 3 is 2.39 bits per heavy atom. The molecule has 208 valence electrons. The van der Waals surface area contributed by atoms with Crippen LogP contribution in [0.3, 0.4) is 0 Å². The second-order valence-electron chi connectivity index (χ2n) is 10.4. The number of thioether (sulfide) groups is 1. The fraction of sp³-hybridized carbons (Fsp3) is 0.182. The number of nitrogens with one attached hydrogen (secondary N) is 2. The van der Waals surface area contributed by atoms with Gasteiger partial charge in [-0.3, -0.25) is 9.78 Å². The zero-order chi connectivity index (χ0) is 29.0. The van der Waals surface area contributed by atoms with Gasteiger partial charge in [0.05, 0.1) is 23.8 Å². The van der Waals surface area contributed by atoms with E-state index in [1.165, 1.54) is 11.8 Å². The lowest BCUT2D eigenvalue weighted by Gasteiger charge is -2.31. The van der Waals surface area contributed by atoms with E-state index in [4.69, 9.17) is 0 Å². The van der Waals surface area contributed by atoms with E-state index in [0.717, 1.165) is 33.3 Å². The van der Waals surface area contributed by atoms with Gasteiger partial charge in [-0.05, 0) is 48.7 Å². The van der Waals surface area contributed by atoms with Crippen molar-refractivity contribution in [1.29, 1.82) is 0 Å². The molecule has 5 rings (SSSR count). The number of pyridine rings is 1. The lowest BCUT2D eigenvalue weighted by Crippen LogP contribution is -2.52. The van der Waals surface area contributed by atoms with Crippen molar-refractivity contribution in [3.05, 3.63) is 108 Å². The summed E-state index contributed by atoms with van der Waals surface area (Å²) in [5.41, 5.74) is 5.65. The fourth-order valence-electron chi connectivity index (χ4n) is 4.77. The van der Waals surface area contributed by atoms with Gasteiger partial charge in [-0.15, -0.1) is 11.8 Å². The average Bonchev–Trinajstić information content (AvgIpc) is 3.40. The molecule has 0 fully saturated rings. The first-order valence-corrected chi connectivity index (χ1v) is 14.2. The average molecular weight is 566 g/mol. The maximum absolute atomic E-state index is 12.9. The number of carboxylic acids is 1. The van der Waals surface area contributed by atoms with Crippen LogP contribution >= 0.6 is 11.8 Å². The van der Waals surface area contributed by atoms with Crippen LogP contribution in [0.15, 0.2) is 97.3 Å². The summed E-state index contributed by atoms with van der Waals surface area (Å²) in [7, 11) is 0. The van der Waals surface area contributed by atoms with Crippen LogP contribution in [0.4, 0.5) is 0 Å². The van der Waals surface area contributed by atoms with Crippen LogP contribution in [0.1, 0.15) is 25.0 Å². The third kappa shape index (κ3) is 6.44. The molecule has 8 heteroatoms. The van der Waals surface area contributed by atoms with Crippen LogP contribution < -0.4 is 5.32 Å². The fourth-order valence-corrected chi connectivity index (χ4v) is 5.83. The van der Waals surface area contributed by atoms with Gasteiger partial charge < -0.3 is 20.5 Å². The lowest BCUT2D eigenvalue weighted by molar-refractivity contribution is -0.142. The number of carbonyl (C=O) groups is 2. The van der Waals surface area contributed by atoms with Crippen molar-refractivity contribution in [2.75, 3.05) is 0 Å². The summed E-state index contributed by atoms with van der Waals surface area (Å²) in [5, 5.41) is 24.8. The van der Waals surface area contributed by atoms with Crippen LogP contribution in [0.25, 0.3) is 33.3 Å². The number of aromatic amines is 1. The Morgan fingerprint density at radius 2 is 1.68 bits per heavy atom. The Hall–Kier alpha value is -4.56. The molecule has 2 heterocycles. The molecule has 2 aromatic heterocycles. The summed E-state index contributed by atoms with van der Waals surface area (Å²) in [5.74, 6) is -0.643. The van der Waals surface area contributed by atoms with Crippen molar-refractivity contribution >= 4 is 34.5 Å². The smallest absolute Gasteiger partial charge is 0.327 e. The summed E-state index contributed by atoms with van der Waals surface area (Å²) < 4.78 is -0.731. The van der Waals surface area contributed by atoms with Crippen molar-refractivity contribution in [2.45, 2.75) is 36.8 Å². The van der Waals surface area contributed by atoms with Gasteiger partial charge in [0.15, 0.2) is 0 Å². The van der Waals surface area contributed by atoms with Crippen molar-refractivity contribution in [3.63, 3.8) is 0 Å². The topological polar surface area (TPSA) is 115 Å². The van der Waals surface area contributed by atoms with E-state index in [0.29, 0.717) is 16.9 Å². The SMILES string of the molecule is CC(C)(SCc1ccccc1)C(NC(=O)Cc1ccc(-c2cccc(-c3cc4ccncc4[nH]3)c2O)cc1)C(=O)O. The number of aromatic hydroxyl groups is 1. The van der Waals surface area contributed by atoms with E-state index in [-0.39, 0.29) is 18.1 Å². The molecule has 5 aromatic rings. The zero-order valence-corrected chi connectivity index (χ0v) is 23.6. The molecule has 0 spiro atoms. The quantitative estimate of drug-likeness (QED) is 0.155. The molecule has 0 aliphatic rings. The molecule has 3 aromatic carbocycles. The Labute approximate surface area is 242 Å². The molecule has 1 amide bonds. The molecule has 1 atom stereocenters. The predicted molar refractivity (Wildman–Crippen MR) is 164 cm³/mol. The van der Waals surface area contributed by atoms with Crippen molar-refractivity contribution in [3.8, 4) is 28.1 Å². The first kappa shape index (κ1) is 28.0. The molecule has 0 saturated heterocycles. The Morgan fingerprint density at radius 1 is 0.951 bits per heavy atom. The van der Waals surface area contributed by atoms with Gasteiger partial charge in [0.1, 0.15) is 11.8 Å². The van der Waals surface area contributed by atoms with Crippen molar-refractivity contribution in [1.82, 2.24) is 15.3 Å². The van der Waals surface area contributed by atoms with Crippen LogP contribution in [-0.4, -0.2) is 42.8 Å². The number of para-hydroxylation sites is 1. The van der Waals surface area contributed by atoms with Gasteiger partial charge >= 0.3 is 5.97 Å². The summed E-state index contributed by atoms with van der Waals surface area (Å²) in [6.07, 6.45) is 3.52. The number of hydrogen-bond donors (Lipinski definition) is 4. The third-order valence-electron chi connectivity index (χ3n) is 7.08. The molecule has 1 unspecified atom stereocenters. The van der Waals surface area contributed by atoms with E-state index in [9.17, 15) is 19.8 Å². The number of aromatic nitrogens is 2. The van der Waals surface area contributed by atoms with Gasteiger partial charge in [0.25, 0.3) is 0 Å². The molecule has 0 bridgehead atoms. The highest BCUT2D eigenvalue weighted by Crippen LogP contribution is 2.38. The monoisotopic (exact) mass is 565 g/mol. The number of phenolic OH excluding ortho intramolecular Hbond substituents is 1. The lowest BCUT2D eigenvalue weighted by atomic mass is 9.98. The van der Waals surface area contributed by atoms with E-state index in [2.05, 4.69) is 15.3 Å². The number of carboxylic acid groups (broad SMARTS) is 1. The normalized spacial score (nSPS) is 12.2. The van der Waals surface area contributed by atoms with E-state index >= 15 is 0 Å². The Bertz CT molecular complexity index is 1650. The van der Waals surface area contributed by atoms with Gasteiger partial charge in [-0.1, -0.05) is 66.7 Å². The minimum Gasteiger partial charge on any atom is -0.507 e. The number of phenols is 1. The van der Waals surface area contributed by atoms with Crippen LogP contribution in [0.5, 0.6) is 5.75 Å². The van der Waals surface area contributed by atoms with Gasteiger partial charge in [0.2, 0.25) is 5.91 Å². The highest BCUT2D eigenvalue weighted by molar-refractivity contribution is 7.99. The molecule has 41 heavy (non-hydrogen) atoms. The van der Waals surface area contributed by atoms with Crippen LogP contribution in [0, 0.1) is 0 Å². The van der Waals surface area contributed by atoms with Gasteiger partial charge in [-0.2, -0.15) is 0 Å². The Balaban J connectivity index is 1.26. The van der Waals surface area contributed by atoms with E-state index in [1.54, 1.807) is 12.4 Å². The first-order valence-electron chi connectivity index (χ1n) is 13.3. The second kappa shape index (κ2) is 11.9. The maximum Gasteiger partial charge on any atom is 0.327 e. The Kier molecular flexibility index (Phi) is 8.12. The summed E-state index contributed by atoms with van der Waals surface area (Å²) in [6.45, 7) is 3.67. The number of rotatable bonds is 10. The van der Waals surface area contributed by atoms with Gasteiger partial charge in [0, 0.05) is 33.2 Å². The molecule has 0 aliphatic carbocycles. The number of fused-ring (bicyclic) bond motifs is 1. The van der Waals surface area contributed by atoms with Crippen LogP contribution in [0.2, 0.25) is 0 Å². The number of amides is 1. The molecular formula is C33H31N3O4S. The van der Waals surface area contributed by atoms with Crippen molar-refractivity contribution in [2.24, 2.45) is 0 Å². The van der Waals surface area contributed by atoms with E-state index in [1.807, 2.05) is 98.8 Å². The number of hydrogen-bond acceptors (Lipinski definition) is 5. The zero-order valence-electron chi connectivity index (χ0n) is 22.8. The maximum atomic E-state index is 12.9. The standard InChI is InChI=1S/C33H31N3O4S/c1-33(2,41-20-22-7-4-3-5-8-22)31(32(39)40)36-29(37)17-21-11-13-23(14-12-21)25-9-6-10-26(30(25)38)27-18-24-15-16-34-19-28(24)35-27/h3-16,18-19,31,35,38H,17,20H2,1-2H3,(H,36,37)(H,39,40). The molecule has 0 saturated carbocycles. The molecule has 0 radical (unpaired) electrons. The molecular weight excluding hydrogens is 534 g/mol. The van der Waals surface area contributed by atoms with Crippen LogP contribution in [-0.2, 0) is 21.8 Å². The number of aliphatic carboxylic acids is 1. The minimum absolute atomic E-state index is 0.0403. The van der Waals surface area contributed by atoms with Crippen molar-refractivity contribution < 1.29 is 19.8 Å². The largest absolute Gasteiger partial charge is 0.507 e. The molecule has 4 N–H and O–H groups in total. The highest BCUT2D eigenvalue weighted by Gasteiger charge is 2.37. The minimum atomic E-state index is -1.07. The second-order valence-corrected chi connectivity index (χ2v) is 12.1. The molecule has 7 nitrogen and oxygen atoms in total. The predicted octanol–water partition coefficient (Wildman–Crippen LogP) is 6.43.